The molecule has 17 heavy (non-hydrogen) atoms. The second-order valence-corrected chi connectivity index (χ2v) is 6.51. The molecule has 4 nitrogen and oxygen atoms in total. The van der Waals surface area contributed by atoms with Crippen molar-refractivity contribution in [1.82, 2.24) is 4.90 Å². The Hall–Kier alpha value is -0.770. The predicted molar refractivity (Wildman–Crippen MR) is 62.8 cm³/mol. The van der Waals surface area contributed by atoms with Crippen molar-refractivity contribution in [2.45, 2.75) is 57.3 Å². The molecule has 0 aromatic carbocycles. The molecule has 96 valence electrons. The van der Waals surface area contributed by atoms with Crippen LogP contribution < -0.4 is 0 Å². The average molecular weight is 239 g/mol. The molecule has 1 amide bonds. The smallest absolute Gasteiger partial charge is 0.410 e. The molecule has 0 aromatic heterocycles. The fraction of sp³-hybridized carbons (Fsp3) is 0.923. The standard InChI is InChI=1S/C13H21NO3/c1-12(2,3)17-11(15)14-7-6-13(9-4-5-9)10(8-14)16-13/h9-10H,4-8H2,1-3H3/t10-,13-/m1/s1. The Labute approximate surface area is 102 Å². The Morgan fingerprint density at radius 1 is 1.41 bits per heavy atom. The Balaban J connectivity index is 1.56. The highest BCUT2D eigenvalue weighted by molar-refractivity contribution is 5.68. The predicted octanol–water partition coefficient (Wildman–Crippen LogP) is 2.17. The van der Waals surface area contributed by atoms with Crippen LogP contribution in [0.2, 0.25) is 0 Å². The van der Waals surface area contributed by atoms with E-state index in [1.54, 1.807) is 4.90 Å². The Morgan fingerprint density at radius 2 is 2.12 bits per heavy atom. The van der Waals surface area contributed by atoms with E-state index in [-0.39, 0.29) is 17.8 Å². The number of hydrogen-bond donors (Lipinski definition) is 0. The van der Waals surface area contributed by atoms with Gasteiger partial charge in [0.25, 0.3) is 0 Å². The fourth-order valence-electron chi connectivity index (χ4n) is 2.87. The van der Waals surface area contributed by atoms with Gasteiger partial charge in [0, 0.05) is 6.54 Å². The lowest BCUT2D eigenvalue weighted by atomic mass is 9.92. The van der Waals surface area contributed by atoms with Gasteiger partial charge in [-0.25, -0.2) is 4.79 Å². The van der Waals surface area contributed by atoms with Crippen molar-refractivity contribution >= 4 is 6.09 Å². The normalized spacial score (nSPS) is 36.4. The fourth-order valence-corrected chi connectivity index (χ4v) is 2.87. The highest BCUT2D eigenvalue weighted by Gasteiger charge is 2.66. The number of epoxide rings is 1. The number of amides is 1. The third kappa shape index (κ3) is 2.03. The number of piperidine rings is 1. The zero-order valence-electron chi connectivity index (χ0n) is 10.9. The number of nitrogens with zero attached hydrogens (tertiary/aromatic N) is 1. The van der Waals surface area contributed by atoms with Crippen LogP contribution in [-0.2, 0) is 9.47 Å². The largest absolute Gasteiger partial charge is 0.444 e. The zero-order valence-corrected chi connectivity index (χ0v) is 10.9. The molecule has 0 aromatic rings. The van der Waals surface area contributed by atoms with E-state index in [1.165, 1.54) is 12.8 Å². The van der Waals surface area contributed by atoms with Crippen LogP contribution in [0.5, 0.6) is 0 Å². The van der Waals surface area contributed by atoms with Gasteiger partial charge in [-0.2, -0.15) is 0 Å². The number of carbonyl (C=O) groups is 1. The highest BCUT2D eigenvalue weighted by Crippen LogP contribution is 2.57. The molecular formula is C13H21NO3. The van der Waals surface area contributed by atoms with Gasteiger partial charge in [-0.1, -0.05) is 0 Å². The van der Waals surface area contributed by atoms with Crippen molar-refractivity contribution in [2.75, 3.05) is 13.1 Å². The minimum atomic E-state index is -0.410. The van der Waals surface area contributed by atoms with E-state index in [4.69, 9.17) is 9.47 Å². The number of fused-ring (bicyclic) bond motifs is 1. The maximum atomic E-state index is 11.9. The lowest BCUT2D eigenvalue weighted by Crippen LogP contribution is -2.45. The van der Waals surface area contributed by atoms with Crippen LogP contribution in [-0.4, -0.2) is 41.4 Å². The molecule has 0 N–H and O–H groups in total. The van der Waals surface area contributed by atoms with Crippen LogP contribution in [0.3, 0.4) is 0 Å². The number of ether oxygens (including phenoxy) is 2. The molecule has 0 bridgehead atoms. The van der Waals surface area contributed by atoms with E-state index in [0.717, 1.165) is 18.9 Å². The molecule has 0 radical (unpaired) electrons. The molecule has 2 heterocycles. The molecule has 2 aliphatic heterocycles. The van der Waals surface area contributed by atoms with E-state index >= 15 is 0 Å². The van der Waals surface area contributed by atoms with Gasteiger partial charge < -0.3 is 14.4 Å². The van der Waals surface area contributed by atoms with E-state index in [9.17, 15) is 4.79 Å². The third-order valence-corrected chi connectivity index (χ3v) is 3.93. The summed E-state index contributed by atoms with van der Waals surface area (Å²) in [5, 5.41) is 0. The van der Waals surface area contributed by atoms with Gasteiger partial charge in [-0.05, 0) is 46.0 Å². The summed E-state index contributed by atoms with van der Waals surface area (Å²) in [7, 11) is 0. The second kappa shape index (κ2) is 3.37. The Bertz CT molecular complexity index is 345. The van der Waals surface area contributed by atoms with Crippen molar-refractivity contribution in [3.8, 4) is 0 Å². The van der Waals surface area contributed by atoms with Gasteiger partial charge in [-0.3, -0.25) is 0 Å². The van der Waals surface area contributed by atoms with Crippen LogP contribution in [0, 0.1) is 5.92 Å². The lowest BCUT2D eigenvalue weighted by molar-refractivity contribution is 0.0215. The van der Waals surface area contributed by atoms with Gasteiger partial charge >= 0.3 is 6.09 Å². The van der Waals surface area contributed by atoms with Crippen LogP contribution in [0.25, 0.3) is 0 Å². The van der Waals surface area contributed by atoms with Crippen LogP contribution in [0.1, 0.15) is 40.0 Å². The summed E-state index contributed by atoms with van der Waals surface area (Å²) >= 11 is 0. The van der Waals surface area contributed by atoms with Crippen molar-refractivity contribution in [1.29, 1.82) is 0 Å². The van der Waals surface area contributed by atoms with Gasteiger partial charge in [0.05, 0.1) is 6.54 Å². The van der Waals surface area contributed by atoms with Crippen molar-refractivity contribution < 1.29 is 14.3 Å². The molecule has 0 unspecified atom stereocenters. The van der Waals surface area contributed by atoms with Crippen LogP contribution in [0.4, 0.5) is 4.79 Å². The van der Waals surface area contributed by atoms with Gasteiger partial charge in [0.1, 0.15) is 17.3 Å². The van der Waals surface area contributed by atoms with Gasteiger partial charge in [0.15, 0.2) is 0 Å². The quantitative estimate of drug-likeness (QED) is 0.659. The second-order valence-electron chi connectivity index (χ2n) is 6.51. The topological polar surface area (TPSA) is 42.1 Å². The maximum Gasteiger partial charge on any atom is 0.410 e. The van der Waals surface area contributed by atoms with Crippen molar-refractivity contribution in [2.24, 2.45) is 5.92 Å². The first-order chi connectivity index (χ1) is 7.91. The molecule has 1 saturated carbocycles. The first kappa shape index (κ1) is 11.3. The summed E-state index contributed by atoms with van der Waals surface area (Å²) in [6.45, 7) is 7.19. The van der Waals surface area contributed by atoms with Crippen molar-refractivity contribution in [3.05, 3.63) is 0 Å². The minimum absolute atomic E-state index is 0.151. The third-order valence-electron chi connectivity index (χ3n) is 3.93. The summed E-state index contributed by atoms with van der Waals surface area (Å²) in [4.78, 5) is 13.7. The van der Waals surface area contributed by atoms with E-state index < -0.39 is 5.60 Å². The average Bonchev–Trinajstić information content (AvgIpc) is 3.08. The van der Waals surface area contributed by atoms with Crippen LogP contribution >= 0.6 is 0 Å². The molecule has 2 atom stereocenters. The van der Waals surface area contributed by atoms with E-state index in [0.29, 0.717) is 6.54 Å². The molecule has 3 fully saturated rings. The molecule has 4 heteroatoms. The highest BCUT2D eigenvalue weighted by atomic mass is 16.6. The summed E-state index contributed by atoms with van der Waals surface area (Å²) in [5.74, 6) is 0.772. The summed E-state index contributed by atoms with van der Waals surface area (Å²) in [6, 6.07) is 0. The van der Waals surface area contributed by atoms with Gasteiger partial charge in [0.2, 0.25) is 0 Å². The maximum absolute atomic E-state index is 11.9. The molecule has 3 aliphatic rings. The molecule has 2 saturated heterocycles. The SMILES string of the molecule is CC(C)(C)OC(=O)N1CC[C@]2(C3CC3)O[C@@H]2C1. The Kier molecular flexibility index (Phi) is 2.25. The number of carbonyl (C=O) groups excluding carboxylic acids is 1. The molecule has 0 spiro atoms. The monoisotopic (exact) mass is 239 g/mol. The molecule has 3 rings (SSSR count). The number of hydrogen-bond acceptors (Lipinski definition) is 3. The lowest BCUT2D eigenvalue weighted by Gasteiger charge is -2.30. The summed E-state index contributed by atoms with van der Waals surface area (Å²) < 4.78 is 11.2. The number of rotatable bonds is 1. The summed E-state index contributed by atoms with van der Waals surface area (Å²) in [5.41, 5.74) is -0.259. The molecular weight excluding hydrogens is 218 g/mol. The summed E-state index contributed by atoms with van der Waals surface area (Å²) in [6.07, 6.45) is 3.68. The molecule has 1 aliphatic carbocycles. The number of likely N-dealkylation sites (tertiary alicyclic amines) is 1. The first-order valence-electron chi connectivity index (χ1n) is 6.56. The minimum Gasteiger partial charge on any atom is -0.444 e. The first-order valence-corrected chi connectivity index (χ1v) is 6.56. The van der Waals surface area contributed by atoms with Gasteiger partial charge in [-0.15, -0.1) is 0 Å². The zero-order chi connectivity index (χ0) is 12.3. The van der Waals surface area contributed by atoms with Crippen molar-refractivity contribution in [3.63, 3.8) is 0 Å². The van der Waals surface area contributed by atoms with E-state index in [1.807, 2.05) is 20.8 Å². The van der Waals surface area contributed by atoms with E-state index in [2.05, 4.69) is 0 Å². The van der Waals surface area contributed by atoms with Crippen LogP contribution in [0.15, 0.2) is 0 Å². The Morgan fingerprint density at radius 3 is 2.65 bits per heavy atom.